The van der Waals surface area contributed by atoms with E-state index in [1.54, 1.807) is 30.5 Å². The van der Waals surface area contributed by atoms with Crippen LogP contribution in [0, 0.1) is 5.82 Å². The molecular weight excluding hydrogens is 407 g/mol. The quantitative estimate of drug-likeness (QED) is 0.447. The molecule has 3 aromatic rings. The van der Waals surface area contributed by atoms with Crippen molar-refractivity contribution in [2.75, 3.05) is 0 Å². The van der Waals surface area contributed by atoms with Gasteiger partial charge in [0.25, 0.3) is 0 Å². The molecule has 4 N–H and O–H groups in total. The molecule has 2 aromatic carbocycles. The van der Waals surface area contributed by atoms with E-state index in [1.807, 2.05) is 32.0 Å². The van der Waals surface area contributed by atoms with Gasteiger partial charge in [0, 0.05) is 30.3 Å². The van der Waals surface area contributed by atoms with Gasteiger partial charge >= 0.3 is 0 Å². The molecule has 2 atom stereocenters. The van der Waals surface area contributed by atoms with Crippen LogP contribution in [0.2, 0.25) is 5.02 Å². The van der Waals surface area contributed by atoms with Crippen LogP contribution in [0.4, 0.5) is 4.39 Å². The first kappa shape index (κ1) is 21.8. The number of hydrogen-bond donors (Lipinski definition) is 3. The molecule has 158 valence electrons. The van der Waals surface area contributed by atoms with Gasteiger partial charge in [0.15, 0.2) is 11.6 Å². The summed E-state index contributed by atoms with van der Waals surface area (Å²) in [7, 11) is 0. The largest absolute Gasteiger partial charge is 0.453 e. The minimum absolute atomic E-state index is 0.0359. The maximum Gasteiger partial charge on any atom is 0.218 e. The highest BCUT2D eigenvalue weighted by Crippen LogP contribution is 2.37. The van der Waals surface area contributed by atoms with Crippen LogP contribution >= 0.6 is 11.6 Å². The van der Waals surface area contributed by atoms with Crippen LogP contribution in [0.5, 0.6) is 11.5 Å². The first-order chi connectivity index (χ1) is 14.4. The van der Waals surface area contributed by atoms with Gasteiger partial charge in [-0.3, -0.25) is 9.89 Å². The van der Waals surface area contributed by atoms with Gasteiger partial charge in [0.1, 0.15) is 5.75 Å². The van der Waals surface area contributed by atoms with Crippen molar-refractivity contribution in [1.82, 2.24) is 15.5 Å². The predicted octanol–water partition coefficient (Wildman–Crippen LogP) is 4.97. The highest BCUT2D eigenvalue weighted by atomic mass is 35.5. The summed E-state index contributed by atoms with van der Waals surface area (Å²) in [5.41, 5.74) is 7.47. The van der Waals surface area contributed by atoms with Crippen molar-refractivity contribution in [3.8, 4) is 22.8 Å². The lowest BCUT2D eigenvalue weighted by Crippen LogP contribution is -2.34. The van der Waals surface area contributed by atoms with Crippen molar-refractivity contribution >= 4 is 17.5 Å². The number of nitrogens with one attached hydrogen (secondary N) is 2. The number of halogens is 2. The van der Waals surface area contributed by atoms with Crippen molar-refractivity contribution in [3.05, 3.63) is 65.1 Å². The summed E-state index contributed by atoms with van der Waals surface area (Å²) in [5.74, 6) is -0.527. The van der Waals surface area contributed by atoms with E-state index in [0.29, 0.717) is 17.7 Å². The maximum absolute atomic E-state index is 15.3. The van der Waals surface area contributed by atoms with E-state index in [2.05, 4.69) is 15.5 Å². The summed E-state index contributed by atoms with van der Waals surface area (Å²) in [6.45, 7) is 3.76. The highest BCUT2D eigenvalue weighted by molar-refractivity contribution is 6.32. The van der Waals surface area contributed by atoms with Crippen LogP contribution in [0.3, 0.4) is 0 Å². The summed E-state index contributed by atoms with van der Waals surface area (Å²) in [6, 6.07) is 11.8. The third-order valence-electron chi connectivity index (χ3n) is 4.74. The van der Waals surface area contributed by atoms with Crippen LogP contribution in [0.25, 0.3) is 11.3 Å². The molecule has 0 aliphatic heterocycles. The average Bonchev–Trinajstić information content (AvgIpc) is 3.24. The van der Waals surface area contributed by atoms with Crippen LogP contribution in [0.1, 0.15) is 38.3 Å². The lowest BCUT2D eigenvalue weighted by Gasteiger charge is -2.23. The molecule has 1 aromatic heterocycles. The molecule has 0 unspecified atom stereocenters. The van der Waals surface area contributed by atoms with Crippen molar-refractivity contribution < 1.29 is 13.9 Å². The van der Waals surface area contributed by atoms with Gasteiger partial charge in [-0.15, -0.1) is 0 Å². The Labute approximate surface area is 179 Å². The number of primary amides is 1. The second-order valence-corrected chi connectivity index (χ2v) is 7.48. The van der Waals surface area contributed by atoms with Gasteiger partial charge in [0.05, 0.1) is 10.7 Å². The van der Waals surface area contributed by atoms with Crippen LogP contribution in [0.15, 0.2) is 48.7 Å². The van der Waals surface area contributed by atoms with Crippen LogP contribution in [-0.2, 0) is 4.79 Å². The highest BCUT2D eigenvalue weighted by Gasteiger charge is 2.22. The molecule has 0 saturated heterocycles. The number of nitrogens with two attached hydrogens (primary N) is 1. The number of aromatic amines is 1. The number of nitrogens with zero attached hydrogens (tertiary/aromatic N) is 1. The number of amides is 1. The van der Waals surface area contributed by atoms with E-state index < -0.39 is 11.7 Å². The van der Waals surface area contributed by atoms with Crippen molar-refractivity contribution in [1.29, 1.82) is 0 Å². The third-order valence-corrected chi connectivity index (χ3v) is 5.04. The number of carbonyl (C=O) groups excluding carboxylic acids is 1. The normalized spacial score (nSPS) is 13.1. The maximum atomic E-state index is 15.3. The van der Waals surface area contributed by atoms with Crippen molar-refractivity contribution in [2.24, 2.45) is 5.73 Å². The van der Waals surface area contributed by atoms with Crippen molar-refractivity contribution in [3.63, 3.8) is 0 Å². The lowest BCUT2D eigenvalue weighted by atomic mass is 10.0. The zero-order chi connectivity index (χ0) is 21.7. The number of H-pyrrole nitrogens is 1. The summed E-state index contributed by atoms with van der Waals surface area (Å²) in [6.07, 6.45) is 2.45. The minimum Gasteiger partial charge on any atom is -0.453 e. The number of hydrogen-bond acceptors (Lipinski definition) is 4. The Morgan fingerprint density at radius 3 is 2.60 bits per heavy atom. The molecule has 8 heteroatoms. The molecule has 0 aliphatic rings. The predicted molar refractivity (Wildman–Crippen MR) is 115 cm³/mol. The number of rotatable bonds is 9. The second kappa shape index (κ2) is 9.73. The zero-order valence-corrected chi connectivity index (χ0v) is 17.5. The summed E-state index contributed by atoms with van der Waals surface area (Å²) >= 11 is 6.23. The molecule has 6 nitrogen and oxygen atoms in total. The summed E-state index contributed by atoms with van der Waals surface area (Å²) < 4.78 is 21.1. The number of aromatic nitrogens is 2. The first-order valence-electron chi connectivity index (χ1n) is 9.69. The fourth-order valence-corrected chi connectivity index (χ4v) is 3.46. The fraction of sp³-hybridized carbons (Fsp3) is 0.273. The molecule has 1 amide bonds. The smallest absolute Gasteiger partial charge is 0.218 e. The standard InChI is InChI=1S/C22H24ClFN4O2/c1-3-18(27-13(2)12-20(25)29)16-8-9-17(23)22(21(16)24)30-15-6-4-14(5-7-15)19-10-11-26-28-19/h4-11,13,18,27H,3,12H2,1-2H3,(H2,25,29)(H,26,28)/t13-,18+/m0/s1. The molecule has 0 fully saturated rings. The Bertz CT molecular complexity index is 993. The lowest BCUT2D eigenvalue weighted by molar-refractivity contribution is -0.118. The van der Waals surface area contributed by atoms with Crippen LogP contribution in [-0.4, -0.2) is 22.1 Å². The van der Waals surface area contributed by atoms with Gasteiger partial charge in [-0.05, 0) is 55.3 Å². The first-order valence-corrected chi connectivity index (χ1v) is 10.1. The average molecular weight is 431 g/mol. The molecule has 0 radical (unpaired) electrons. The molecule has 0 saturated carbocycles. The van der Waals surface area contributed by atoms with Gasteiger partial charge in [-0.2, -0.15) is 5.10 Å². The Hall–Kier alpha value is -2.90. The SMILES string of the molecule is CC[C@@H](N[C@@H](C)CC(N)=O)c1ccc(Cl)c(Oc2ccc(-c3ccn[nH]3)cc2)c1F. The third kappa shape index (κ3) is 5.17. The van der Waals surface area contributed by atoms with E-state index in [1.165, 1.54) is 0 Å². The minimum atomic E-state index is -0.536. The molecular formula is C22H24ClFN4O2. The Balaban J connectivity index is 1.82. The number of carbonyl (C=O) groups is 1. The molecule has 0 aliphatic carbocycles. The number of benzene rings is 2. The molecule has 0 spiro atoms. The molecule has 30 heavy (non-hydrogen) atoms. The van der Waals surface area contributed by atoms with Gasteiger partial charge < -0.3 is 15.8 Å². The summed E-state index contributed by atoms with van der Waals surface area (Å²) in [4.78, 5) is 11.1. The summed E-state index contributed by atoms with van der Waals surface area (Å²) in [5, 5.41) is 10.2. The van der Waals surface area contributed by atoms with E-state index in [0.717, 1.165) is 11.3 Å². The van der Waals surface area contributed by atoms with Gasteiger partial charge in [-0.25, -0.2) is 4.39 Å². The van der Waals surface area contributed by atoms with Crippen LogP contribution < -0.4 is 15.8 Å². The van der Waals surface area contributed by atoms with Gasteiger partial charge in [0.2, 0.25) is 5.91 Å². The molecule has 3 rings (SSSR count). The van der Waals surface area contributed by atoms with Crippen molar-refractivity contribution in [2.45, 2.75) is 38.8 Å². The second-order valence-electron chi connectivity index (χ2n) is 7.08. The topological polar surface area (TPSA) is 93.0 Å². The number of ether oxygens (including phenoxy) is 1. The van der Waals surface area contributed by atoms with E-state index in [-0.39, 0.29) is 29.3 Å². The van der Waals surface area contributed by atoms with E-state index in [9.17, 15) is 4.79 Å². The van der Waals surface area contributed by atoms with E-state index >= 15 is 4.39 Å². The Kier molecular flexibility index (Phi) is 7.07. The van der Waals surface area contributed by atoms with E-state index in [4.69, 9.17) is 22.1 Å². The molecule has 0 bridgehead atoms. The van der Waals surface area contributed by atoms with Gasteiger partial charge in [-0.1, -0.05) is 24.6 Å². The molecule has 1 heterocycles. The Morgan fingerprint density at radius 1 is 1.27 bits per heavy atom. The monoisotopic (exact) mass is 430 g/mol. The zero-order valence-electron chi connectivity index (χ0n) is 16.8. The Morgan fingerprint density at radius 2 is 2.00 bits per heavy atom. The fourth-order valence-electron chi connectivity index (χ4n) is 3.28.